The minimum atomic E-state index is -0.705. The fourth-order valence-electron chi connectivity index (χ4n) is 2.90. The van der Waals surface area contributed by atoms with E-state index in [-0.39, 0.29) is 30.7 Å². The average Bonchev–Trinajstić information content (AvgIpc) is 2.69. The van der Waals surface area contributed by atoms with Crippen LogP contribution in [-0.4, -0.2) is 34.5 Å². The molecule has 28 heavy (non-hydrogen) atoms. The maximum atomic E-state index is 12.8. The first-order chi connectivity index (χ1) is 13.4. The number of carbonyl (C=O) groups excluding carboxylic acids is 2. The first-order valence-electron chi connectivity index (χ1n) is 8.84. The molecule has 2 aromatic rings. The molecule has 1 atom stereocenters. The number of esters is 1. The lowest BCUT2D eigenvalue weighted by Gasteiger charge is -2.30. The zero-order valence-electron chi connectivity index (χ0n) is 15.5. The number of amides is 1. The third-order valence-corrected chi connectivity index (χ3v) is 4.23. The van der Waals surface area contributed by atoms with Crippen molar-refractivity contribution in [2.45, 2.75) is 32.9 Å². The van der Waals surface area contributed by atoms with Gasteiger partial charge in [-0.3, -0.25) is 9.69 Å². The lowest BCUT2D eigenvalue weighted by atomic mass is 10.1. The molecule has 1 amide bonds. The number of anilines is 1. The molecule has 1 aromatic carbocycles. The number of rotatable bonds is 6. The van der Waals surface area contributed by atoms with Crippen molar-refractivity contribution in [1.82, 2.24) is 4.98 Å². The number of nitro groups is 1. The topological polar surface area (TPSA) is 112 Å². The molecule has 0 saturated heterocycles. The van der Waals surface area contributed by atoms with Crippen LogP contribution in [0.5, 0.6) is 5.75 Å². The Labute approximate surface area is 161 Å². The highest BCUT2D eigenvalue weighted by Crippen LogP contribution is 2.35. The van der Waals surface area contributed by atoms with Crippen LogP contribution in [0.4, 0.5) is 11.6 Å². The number of hydrogen-bond donors (Lipinski definition) is 0. The minimum absolute atomic E-state index is 0.0884. The number of nitrogens with zero attached hydrogens (tertiary/aromatic N) is 3. The molecular weight excluding hydrogens is 366 g/mol. The van der Waals surface area contributed by atoms with E-state index in [9.17, 15) is 19.7 Å². The number of carbonyl (C=O) groups is 2. The van der Waals surface area contributed by atoms with Crippen molar-refractivity contribution in [3.63, 3.8) is 0 Å². The molecule has 1 aliphatic heterocycles. The van der Waals surface area contributed by atoms with E-state index in [4.69, 9.17) is 9.47 Å². The van der Waals surface area contributed by atoms with Gasteiger partial charge in [0.25, 0.3) is 11.7 Å². The second kappa shape index (κ2) is 8.03. The molecular formula is C19H19N3O6. The van der Waals surface area contributed by atoms with E-state index in [0.29, 0.717) is 23.3 Å². The predicted molar refractivity (Wildman–Crippen MR) is 99.2 cm³/mol. The third kappa shape index (κ3) is 3.78. The molecule has 0 N–H and O–H groups in total. The van der Waals surface area contributed by atoms with Crippen molar-refractivity contribution < 1.29 is 24.0 Å². The third-order valence-electron chi connectivity index (χ3n) is 4.23. The zero-order valence-corrected chi connectivity index (χ0v) is 15.5. The van der Waals surface area contributed by atoms with E-state index < -0.39 is 17.0 Å². The van der Waals surface area contributed by atoms with Gasteiger partial charge in [0.1, 0.15) is 0 Å². The molecule has 146 valence electrons. The summed E-state index contributed by atoms with van der Waals surface area (Å²) < 4.78 is 10.6. The largest absolute Gasteiger partial charge is 0.474 e. The molecule has 0 spiro atoms. The molecule has 1 unspecified atom stereocenters. The van der Waals surface area contributed by atoms with E-state index in [1.165, 1.54) is 17.0 Å². The van der Waals surface area contributed by atoms with Crippen LogP contribution in [0.3, 0.4) is 0 Å². The van der Waals surface area contributed by atoms with E-state index in [0.717, 1.165) is 0 Å². The molecule has 0 radical (unpaired) electrons. The molecule has 0 bridgehead atoms. The summed E-state index contributed by atoms with van der Waals surface area (Å²) in [5.41, 5.74) is 1.02. The number of benzene rings is 1. The summed E-state index contributed by atoms with van der Waals surface area (Å²) >= 11 is 0. The molecule has 9 nitrogen and oxygen atoms in total. The number of pyridine rings is 1. The van der Waals surface area contributed by atoms with E-state index in [2.05, 4.69) is 4.98 Å². The average molecular weight is 385 g/mol. The highest BCUT2D eigenvalue weighted by Gasteiger charge is 2.38. The summed E-state index contributed by atoms with van der Waals surface area (Å²) in [5.74, 6) is -0.790. The fraction of sp³-hybridized carbons (Fsp3) is 0.316. The first-order valence-corrected chi connectivity index (χ1v) is 8.84. The van der Waals surface area contributed by atoms with Crippen LogP contribution >= 0.6 is 0 Å². The number of ether oxygens (including phenoxy) is 2. The first kappa shape index (κ1) is 19.3. The summed E-state index contributed by atoms with van der Waals surface area (Å²) in [4.78, 5) is 40.6. The molecule has 0 aliphatic carbocycles. The Balaban J connectivity index is 1.97. The van der Waals surface area contributed by atoms with Gasteiger partial charge in [-0.15, -0.1) is 0 Å². The van der Waals surface area contributed by atoms with Gasteiger partial charge in [-0.05, 0) is 47.0 Å². The Morgan fingerprint density at radius 2 is 2.11 bits per heavy atom. The Kier molecular flexibility index (Phi) is 5.53. The highest BCUT2D eigenvalue weighted by atomic mass is 16.6. The van der Waals surface area contributed by atoms with Crippen LogP contribution in [0.1, 0.15) is 36.2 Å². The summed E-state index contributed by atoms with van der Waals surface area (Å²) in [5, 5.41) is 11.1. The SMILES string of the molecule is CCOC(=O)c1cccc(CN2C(=O)C(CC)Oc3ccc([N+](=O)[O-])nc32)c1. The van der Waals surface area contributed by atoms with E-state index in [1.54, 1.807) is 31.2 Å². The Morgan fingerprint density at radius 3 is 2.79 bits per heavy atom. The molecule has 3 rings (SSSR count). The second-order valence-electron chi connectivity index (χ2n) is 6.11. The number of fused-ring (bicyclic) bond motifs is 1. The standard InChI is InChI=1S/C19H19N3O6/c1-3-14-18(23)21(17-15(28-14)8-9-16(20-17)22(25)26)11-12-6-5-7-13(10-12)19(24)27-4-2/h5-10,14H,3-4,11H2,1-2H3. The molecule has 9 heteroatoms. The Morgan fingerprint density at radius 1 is 1.32 bits per heavy atom. The zero-order chi connectivity index (χ0) is 20.3. The van der Waals surface area contributed by atoms with Gasteiger partial charge >= 0.3 is 11.8 Å². The lowest BCUT2D eigenvalue weighted by molar-refractivity contribution is -0.389. The van der Waals surface area contributed by atoms with Crippen LogP contribution < -0.4 is 9.64 Å². The van der Waals surface area contributed by atoms with E-state index in [1.807, 2.05) is 6.92 Å². The maximum absolute atomic E-state index is 12.8. The van der Waals surface area contributed by atoms with Crippen molar-refractivity contribution in [3.05, 3.63) is 57.6 Å². The van der Waals surface area contributed by atoms with Crippen LogP contribution in [0.25, 0.3) is 0 Å². The number of hydrogen-bond acceptors (Lipinski definition) is 7. The quantitative estimate of drug-likeness (QED) is 0.427. The van der Waals surface area contributed by atoms with Crippen molar-refractivity contribution >= 4 is 23.5 Å². The molecule has 1 aliphatic rings. The van der Waals surface area contributed by atoms with Gasteiger partial charge in [-0.1, -0.05) is 19.1 Å². The Hall–Kier alpha value is -3.49. The van der Waals surface area contributed by atoms with Crippen molar-refractivity contribution in [3.8, 4) is 5.75 Å². The van der Waals surface area contributed by atoms with Crippen molar-refractivity contribution in [2.75, 3.05) is 11.5 Å². The molecule has 0 saturated carbocycles. The predicted octanol–water partition coefficient (Wildman–Crippen LogP) is 2.87. The van der Waals surface area contributed by atoms with Crippen LogP contribution in [0, 0.1) is 10.1 Å². The summed E-state index contributed by atoms with van der Waals surface area (Å²) in [6, 6.07) is 9.36. The lowest BCUT2D eigenvalue weighted by Crippen LogP contribution is -2.45. The van der Waals surface area contributed by atoms with Crippen molar-refractivity contribution in [1.29, 1.82) is 0 Å². The fourth-order valence-corrected chi connectivity index (χ4v) is 2.90. The number of aromatic nitrogens is 1. The summed E-state index contributed by atoms with van der Waals surface area (Å²) in [7, 11) is 0. The van der Waals surface area contributed by atoms with Gasteiger partial charge in [0.2, 0.25) is 0 Å². The maximum Gasteiger partial charge on any atom is 0.366 e. The van der Waals surface area contributed by atoms with Crippen LogP contribution in [0.15, 0.2) is 36.4 Å². The van der Waals surface area contributed by atoms with E-state index >= 15 is 0 Å². The Bertz CT molecular complexity index is 930. The van der Waals surface area contributed by atoms with Crippen LogP contribution in [0.2, 0.25) is 0 Å². The second-order valence-corrected chi connectivity index (χ2v) is 6.11. The summed E-state index contributed by atoms with van der Waals surface area (Å²) in [6.45, 7) is 3.87. The molecule has 0 fully saturated rings. The van der Waals surface area contributed by atoms with Gasteiger partial charge in [-0.2, -0.15) is 0 Å². The smallest absolute Gasteiger partial charge is 0.366 e. The van der Waals surface area contributed by atoms with Gasteiger partial charge in [0.15, 0.2) is 11.9 Å². The minimum Gasteiger partial charge on any atom is -0.474 e. The van der Waals surface area contributed by atoms with Crippen molar-refractivity contribution in [2.24, 2.45) is 0 Å². The normalized spacial score (nSPS) is 15.6. The van der Waals surface area contributed by atoms with Gasteiger partial charge in [0.05, 0.1) is 18.7 Å². The van der Waals surface area contributed by atoms with Crippen LogP contribution in [-0.2, 0) is 16.1 Å². The van der Waals surface area contributed by atoms with Gasteiger partial charge in [0, 0.05) is 6.07 Å². The van der Waals surface area contributed by atoms with Gasteiger partial charge in [-0.25, -0.2) is 4.79 Å². The molecule has 1 aromatic heterocycles. The highest BCUT2D eigenvalue weighted by molar-refractivity contribution is 5.99. The molecule has 2 heterocycles. The monoisotopic (exact) mass is 385 g/mol. The van der Waals surface area contributed by atoms with Gasteiger partial charge < -0.3 is 19.6 Å². The summed E-state index contributed by atoms with van der Waals surface area (Å²) in [6.07, 6.45) is -0.266.